The molecule has 0 unspecified atom stereocenters. The van der Waals surface area contributed by atoms with Gasteiger partial charge in [0.2, 0.25) is 0 Å². The number of rotatable bonds is 4. The first kappa shape index (κ1) is 18.4. The Morgan fingerprint density at radius 2 is 1.80 bits per heavy atom. The Morgan fingerprint density at radius 1 is 1.00 bits per heavy atom. The van der Waals surface area contributed by atoms with Gasteiger partial charge in [0.1, 0.15) is 0 Å². The van der Waals surface area contributed by atoms with E-state index in [4.69, 9.17) is 9.47 Å². The predicted molar refractivity (Wildman–Crippen MR) is 118 cm³/mol. The smallest absolute Gasteiger partial charge is 0.292 e. The monoisotopic (exact) mass is 417 g/mol. The van der Waals surface area contributed by atoms with Crippen LogP contribution in [0.5, 0.6) is 0 Å². The van der Waals surface area contributed by atoms with E-state index in [0.29, 0.717) is 19.1 Å². The maximum absolute atomic E-state index is 13.4. The van der Waals surface area contributed by atoms with Gasteiger partial charge in [-0.1, -0.05) is 48.2 Å². The molecule has 5 heteroatoms. The average Bonchev–Trinajstić information content (AvgIpc) is 3.59. The van der Waals surface area contributed by atoms with E-state index in [1.165, 1.54) is 28.5 Å². The Hall–Kier alpha value is -2.34. The number of hydrogen-bond donors (Lipinski definition) is 0. The fourth-order valence-electron chi connectivity index (χ4n) is 4.44. The number of anilines is 1. The van der Waals surface area contributed by atoms with E-state index in [-0.39, 0.29) is 5.91 Å². The van der Waals surface area contributed by atoms with Crippen molar-refractivity contribution in [1.29, 1.82) is 0 Å². The van der Waals surface area contributed by atoms with Crippen LogP contribution in [0.25, 0.3) is 10.8 Å². The molecule has 4 nitrogen and oxygen atoms in total. The summed E-state index contributed by atoms with van der Waals surface area (Å²) in [5, 5.41) is 2.46. The van der Waals surface area contributed by atoms with Crippen LogP contribution in [-0.4, -0.2) is 25.7 Å². The van der Waals surface area contributed by atoms with Crippen LogP contribution >= 0.6 is 11.8 Å². The van der Waals surface area contributed by atoms with Gasteiger partial charge >= 0.3 is 0 Å². The minimum atomic E-state index is -1.27. The lowest BCUT2D eigenvalue weighted by Gasteiger charge is -2.32. The minimum Gasteiger partial charge on any atom is -0.338 e. The molecule has 1 saturated carbocycles. The molecule has 0 aromatic heterocycles. The highest BCUT2D eigenvalue weighted by Crippen LogP contribution is 2.48. The second-order valence-electron chi connectivity index (χ2n) is 8.28. The number of hydrogen-bond acceptors (Lipinski definition) is 4. The van der Waals surface area contributed by atoms with Crippen molar-refractivity contribution in [3.63, 3.8) is 0 Å². The van der Waals surface area contributed by atoms with E-state index in [2.05, 4.69) is 60.7 Å². The first-order chi connectivity index (χ1) is 14.7. The number of fused-ring (bicyclic) bond motifs is 3. The van der Waals surface area contributed by atoms with Gasteiger partial charge in [-0.25, -0.2) is 0 Å². The van der Waals surface area contributed by atoms with Crippen LogP contribution in [0.4, 0.5) is 5.69 Å². The van der Waals surface area contributed by atoms with Crippen LogP contribution in [0.2, 0.25) is 0 Å². The standard InChI is InChI=1S/C25H23NO3S/c27-24-25(28-13-4-14-29-25)21-15-19(11-12-22(21)26(24)16-17-9-10-17)30-23-8-3-6-18-5-1-2-7-20(18)23/h1-3,5-8,11-12,15,17H,4,9-10,13-14,16H2. The molecule has 1 saturated heterocycles. The van der Waals surface area contributed by atoms with Crippen molar-refractivity contribution in [3.8, 4) is 0 Å². The van der Waals surface area contributed by atoms with Crippen molar-refractivity contribution >= 4 is 34.1 Å². The van der Waals surface area contributed by atoms with Crippen molar-refractivity contribution in [2.24, 2.45) is 5.92 Å². The molecule has 0 atom stereocenters. The summed E-state index contributed by atoms with van der Waals surface area (Å²) in [6.45, 7) is 1.85. The summed E-state index contributed by atoms with van der Waals surface area (Å²) in [5.41, 5.74) is 1.80. The van der Waals surface area contributed by atoms with Gasteiger partial charge in [-0.2, -0.15) is 0 Å². The van der Waals surface area contributed by atoms with Gasteiger partial charge in [-0.05, 0) is 60.2 Å². The van der Waals surface area contributed by atoms with Gasteiger partial charge in [-0.3, -0.25) is 4.79 Å². The van der Waals surface area contributed by atoms with Crippen LogP contribution in [0.3, 0.4) is 0 Å². The molecule has 0 bridgehead atoms. The highest BCUT2D eigenvalue weighted by Gasteiger charge is 2.55. The lowest BCUT2D eigenvalue weighted by atomic mass is 10.1. The zero-order chi connectivity index (χ0) is 20.1. The van der Waals surface area contributed by atoms with Crippen molar-refractivity contribution in [3.05, 3.63) is 66.2 Å². The molecule has 2 aliphatic heterocycles. The van der Waals surface area contributed by atoms with Crippen LogP contribution < -0.4 is 4.90 Å². The summed E-state index contributed by atoms with van der Waals surface area (Å²) in [7, 11) is 0. The number of ether oxygens (including phenoxy) is 2. The van der Waals surface area contributed by atoms with E-state index in [9.17, 15) is 4.79 Å². The van der Waals surface area contributed by atoms with Gasteiger partial charge in [0, 0.05) is 21.9 Å². The average molecular weight is 418 g/mol. The summed E-state index contributed by atoms with van der Waals surface area (Å²) in [4.78, 5) is 17.6. The Labute approximate surface area is 180 Å². The third kappa shape index (κ3) is 2.96. The second-order valence-corrected chi connectivity index (χ2v) is 9.40. The van der Waals surface area contributed by atoms with E-state index in [1.807, 2.05) is 4.90 Å². The molecular weight excluding hydrogens is 394 g/mol. The normalized spacial score (nSPS) is 20.1. The zero-order valence-electron chi connectivity index (χ0n) is 16.7. The van der Waals surface area contributed by atoms with Gasteiger partial charge in [0.15, 0.2) is 0 Å². The van der Waals surface area contributed by atoms with E-state index in [1.54, 1.807) is 11.8 Å². The fourth-order valence-corrected chi connectivity index (χ4v) is 5.45. The number of carbonyl (C=O) groups excluding carboxylic acids is 1. The quantitative estimate of drug-likeness (QED) is 0.575. The molecule has 3 aromatic rings. The van der Waals surface area contributed by atoms with Gasteiger partial charge in [0.25, 0.3) is 11.7 Å². The first-order valence-corrected chi connectivity index (χ1v) is 11.5. The van der Waals surface area contributed by atoms with Gasteiger partial charge in [0.05, 0.1) is 18.9 Å². The minimum absolute atomic E-state index is 0.0589. The summed E-state index contributed by atoms with van der Waals surface area (Å²) < 4.78 is 12.1. The third-order valence-electron chi connectivity index (χ3n) is 6.15. The summed E-state index contributed by atoms with van der Waals surface area (Å²) in [6.07, 6.45) is 3.21. The number of benzene rings is 3. The Kier molecular flexibility index (Phi) is 4.37. The molecule has 0 N–H and O–H groups in total. The zero-order valence-corrected chi connectivity index (χ0v) is 17.5. The molecule has 1 aliphatic carbocycles. The van der Waals surface area contributed by atoms with Crippen molar-refractivity contribution < 1.29 is 14.3 Å². The summed E-state index contributed by atoms with van der Waals surface area (Å²) in [5.74, 6) is -0.723. The number of amides is 1. The Balaban J connectivity index is 1.41. The molecule has 2 heterocycles. The Bertz CT molecular complexity index is 1130. The molecule has 3 aliphatic rings. The second kappa shape index (κ2) is 7.12. The number of carbonyl (C=O) groups is 1. The highest BCUT2D eigenvalue weighted by molar-refractivity contribution is 7.99. The molecule has 1 spiro atoms. The van der Waals surface area contributed by atoms with Crippen molar-refractivity contribution in [2.45, 2.75) is 34.8 Å². The molecule has 152 valence electrons. The Morgan fingerprint density at radius 3 is 2.63 bits per heavy atom. The number of nitrogens with zero attached hydrogens (tertiary/aromatic N) is 1. The summed E-state index contributed by atoms with van der Waals surface area (Å²) >= 11 is 1.72. The first-order valence-electron chi connectivity index (χ1n) is 10.6. The van der Waals surface area contributed by atoms with Crippen molar-refractivity contribution in [2.75, 3.05) is 24.7 Å². The van der Waals surface area contributed by atoms with Gasteiger partial charge in [-0.15, -0.1) is 0 Å². The van der Waals surface area contributed by atoms with E-state index < -0.39 is 5.79 Å². The molecule has 30 heavy (non-hydrogen) atoms. The van der Waals surface area contributed by atoms with Gasteiger partial charge < -0.3 is 14.4 Å². The van der Waals surface area contributed by atoms with Crippen LogP contribution in [-0.2, 0) is 20.1 Å². The van der Waals surface area contributed by atoms with E-state index >= 15 is 0 Å². The highest BCUT2D eigenvalue weighted by atomic mass is 32.2. The summed E-state index contributed by atoms with van der Waals surface area (Å²) in [6, 6.07) is 21.1. The molecule has 0 radical (unpaired) electrons. The van der Waals surface area contributed by atoms with Crippen molar-refractivity contribution in [1.82, 2.24) is 0 Å². The predicted octanol–water partition coefficient (Wildman–Crippen LogP) is 5.34. The molecule has 6 rings (SSSR count). The largest absolute Gasteiger partial charge is 0.338 e. The molecule has 2 fully saturated rings. The SMILES string of the molecule is O=C1N(CC2CC2)c2ccc(Sc3cccc4ccccc34)cc2C12OCCCO2. The van der Waals surface area contributed by atoms with Crippen LogP contribution in [0.15, 0.2) is 70.5 Å². The maximum atomic E-state index is 13.4. The topological polar surface area (TPSA) is 38.8 Å². The van der Waals surface area contributed by atoms with E-state index in [0.717, 1.165) is 29.1 Å². The van der Waals surface area contributed by atoms with Crippen LogP contribution in [0.1, 0.15) is 24.8 Å². The third-order valence-corrected chi connectivity index (χ3v) is 7.22. The molecular formula is C25H23NO3S. The fraction of sp³-hybridized carbons (Fsp3) is 0.320. The lowest BCUT2D eigenvalue weighted by Crippen LogP contribution is -2.47. The maximum Gasteiger partial charge on any atom is 0.292 e. The lowest BCUT2D eigenvalue weighted by molar-refractivity contribution is -0.256. The molecule has 3 aromatic carbocycles. The molecule has 1 amide bonds. The van der Waals surface area contributed by atoms with Crippen LogP contribution in [0, 0.1) is 5.92 Å².